The fourth-order valence-corrected chi connectivity index (χ4v) is 4.42. The smallest absolute Gasteiger partial charge is 0.343 e. The van der Waals surface area contributed by atoms with Crippen LogP contribution in [0.2, 0.25) is 5.02 Å². The van der Waals surface area contributed by atoms with Gasteiger partial charge in [0.25, 0.3) is 15.9 Å². The van der Waals surface area contributed by atoms with E-state index in [1.54, 1.807) is 41.4 Å². The van der Waals surface area contributed by atoms with Crippen molar-refractivity contribution in [3.63, 3.8) is 0 Å². The van der Waals surface area contributed by atoms with Crippen LogP contribution < -0.4 is 15.5 Å². The second kappa shape index (κ2) is 11.3. The first-order valence-corrected chi connectivity index (χ1v) is 12.4. The van der Waals surface area contributed by atoms with Gasteiger partial charge in [-0.1, -0.05) is 36.6 Å². The van der Waals surface area contributed by atoms with E-state index in [0.717, 1.165) is 31.2 Å². The van der Waals surface area contributed by atoms with Crippen LogP contribution >= 0.6 is 11.6 Å². The third-order valence-electron chi connectivity index (χ3n) is 5.13. The third-order valence-corrected chi connectivity index (χ3v) is 6.73. The molecule has 1 heterocycles. The highest BCUT2D eigenvalue weighted by molar-refractivity contribution is 7.90. The van der Waals surface area contributed by atoms with Crippen molar-refractivity contribution in [3.05, 3.63) is 64.7 Å². The third kappa shape index (κ3) is 7.22. The Bertz CT molecular complexity index is 1020. The van der Waals surface area contributed by atoms with Gasteiger partial charge in [-0.3, -0.25) is 10.2 Å². The average Bonchev–Trinajstić information content (AvgIpc) is 3.02. The van der Waals surface area contributed by atoms with Gasteiger partial charge in [0.15, 0.2) is 0 Å². The van der Waals surface area contributed by atoms with Crippen molar-refractivity contribution in [3.8, 4) is 0 Å². The summed E-state index contributed by atoms with van der Waals surface area (Å²) in [5.74, 6) is -0.208. The monoisotopic (exact) mass is 478 g/mol. The van der Waals surface area contributed by atoms with E-state index in [0.29, 0.717) is 36.6 Å². The molecular weight excluding hydrogens is 452 g/mol. The van der Waals surface area contributed by atoms with Crippen LogP contribution in [-0.2, 0) is 16.4 Å². The predicted octanol–water partition coefficient (Wildman–Crippen LogP) is 3.09. The molecule has 0 atom stereocenters. The summed E-state index contributed by atoms with van der Waals surface area (Å²) >= 11 is 5.82. The van der Waals surface area contributed by atoms with Crippen LogP contribution in [-0.4, -0.2) is 45.0 Å². The molecule has 1 aliphatic heterocycles. The number of urea groups is 1. The van der Waals surface area contributed by atoms with E-state index in [2.05, 4.69) is 15.5 Å². The topological polar surface area (TPSA) is 108 Å². The van der Waals surface area contributed by atoms with Gasteiger partial charge in [0.05, 0.1) is 4.90 Å². The number of benzene rings is 2. The molecule has 0 bridgehead atoms. The zero-order valence-electron chi connectivity index (χ0n) is 17.6. The molecule has 172 valence electrons. The van der Waals surface area contributed by atoms with E-state index in [1.165, 1.54) is 12.1 Å². The molecule has 0 aliphatic carbocycles. The number of nitrogens with one attached hydrogen (secondary N) is 3. The lowest BCUT2D eigenvalue weighted by Crippen LogP contribution is -2.49. The molecule has 8 nitrogen and oxygen atoms in total. The van der Waals surface area contributed by atoms with Crippen LogP contribution in [0.15, 0.2) is 53.4 Å². The van der Waals surface area contributed by atoms with Crippen LogP contribution in [0.25, 0.3) is 0 Å². The van der Waals surface area contributed by atoms with Crippen molar-refractivity contribution >= 4 is 33.6 Å². The molecule has 0 spiro atoms. The molecule has 0 saturated carbocycles. The standard InChI is InChI=1S/C22H27ClN4O4S/c23-19-9-7-18(8-10-19)21(28)24-14-13-17-5-11-20(12-6-17)32(30,31)26-22(29)25-27-15-3-1-2-4-16-27/h5-12H,1-4,13-16H2,(H,24,28)(H2,25,26,29). The molecule has 0 radical (unpaired) electrons. The maximum absolute atomic E-state index is 12.5. The van der Waals surface area contributed by atoms with E-state index in [1.807, 2.05) is 0 Å². The Balaban J connectivity index is 1.48. The van der Waals surface area contributed by atoms with Crippen molar-refractivity contribution < 1.29 is 18.0 Å². The van der Waals surface area contributed by atoms with E-state index in [-0.39, 0.29) is 10.8 Å². The second-order valence-electron chi connectivity index (χ2n) is 7.60. The number of hydrazine groups is 1. The quantitative estimate of drug-likeness (QED) is 0.566. The average molecular weight is 479 g/mol. The van der Waals surface area contributed by atoms with Crippen molar-refractivity contribution in [2.45, 2.75) is 37.0 Å². The molecule has 2 aromatic rings. The number of carbonyl (C=O) groups excluding carboxylic acids is 2. The Kier molecular flexibility index (Phi) is 8.49. The van der Waals surface area contributed by atoms with E-state index in [4.69, 9.17) is 11.6 Å². The Morgan fingerprint density at radius 2 is 1.53 bits per heavy atom. The van der Waals surface area contributed by atoms with Crippen LogP contribution in [0.4, 0.5) is 4.79 Å². The molecule has 1 saturated heterocycles. The van der Waals surface area contributed by atoms with Crippen molar-refractivity contribution in [2.24, 2.45) is 0 Å². The summed E-state index contributed by atoms with van der Waals surface area (Å²) in [6.45, 7) is 1.80. The van der Waals surface area contributed by atoms with Gasteiger partial charge in [0.1, 0.15) is 0 Å². The lowest BCUT2D eigenvalue weighted by molar-refractivity contribution is 0.0954. The van der Waals surface area contributed by atoms with Gasteiger partial charge in [0.2, 0.25) is 0 Å². The molecular formula is C22H27ClN4O4S. The van der Waals surface area contributed by atoms with E-state index < -0.39 is 16.1 Å². The van der Waals surface area contributed by atoms with Crippen molar-refractivity contribution in [1.82, 2.24) is 20.5 Å². The summed E-state index contributed by atoms with van der Waals surface area (Å²) in [5, 5.41) is 5.12. The summed E-state index contributed by atoms with van der Waals surface area (Å²) in [5.41, 5.74) is 3.98. The first kappa shape index (κ1) is 24.0. The zero-order chi connectivity index (χ0) is 23.0. The minimum absolute atomic E-state index is 0.00235. The van der Waals surface area contributed by atoms with Gasteiger partial charge in [-0.15, -0.1) is 0 Å². The minimum Gasteiger partial charge on any atom is -0.352 e. The maximum Gasteiger partial charge on any atom is 0.343 e. The number of amides is 3. The molecule has 3 amide bonds. The number of nitrogens with zero attached hydrogens (tertiary/aromatic N) is 1. The summed E-state index contributed by atoms with van der Waals surface area (Å²) in [7, 11) is -3.98. The van der Waals surface area contributed by atoms with Gasteiger partial charge in [-0.2, -0.15) is 0 Å². The highest BCUT2D eigenvalue weighted by Gasteiger charge is 2.19. The Morgan fingerprint density at radius 1 is 0.906 bits per heavy atom. The Hall–Kier alpha value is -2.62. The first-order chi connectivity index (χ1) is 15.3. The number of sulfonamides is 1. The van der Waals surface area contributed by atoms with Crippen molar-refractivity contribution in [2.75, 3.05) is 19.6 Å². The van der Waals surface area contributed by atoms with Gasteiger partial charge >= 0.3 is 6.03 Å². The normalized spacial score (nSPS) is 14.9. The number of rotatable bonds is 7. The molecule has 0 aromatic heterocycles. The maximum atomic E-state index is 12.5. The van der Waals surface area contributed by atoms with Crippen LogP contribution in [0.1, 0.15) is 41.6 Å². The highest BCUT2D eigenvalue weighted by atomic mass is 35.5. The zero-order valence-corrected chi connectivity index (χ0v) is 19.2. The SMILES string of the molecule is O=C(NN1CCCCCC1)NS(=O)(=O)c1ccc(CCNC(=O)c2ccc(Cl)cc2)cc1. The fourth-order valence-electron chi connectivity index (χ4n) is 3.39. The summed E-state index contributed by atoms with van der Waals surface area (Å²) in [6, 6.07) is 12.0. The van der Waals surface area contributed by atoms with Crippen molar-refractivity contribution in [1.29, 1.82) is 0 Å². The minimum atomic E-state index is -3.98. The molecule has 2 aromatic carbocycles. The van der Waals surface area contributed by atoms with Crippen LogP contribution in [0.5, 0.6) is 0 Å². The number of carbonyl (C=O) groups is 2. The second-order valence-corrected chi connectivity index (χ2v) is 9.72. The predicted molar refractivity (Wildman–Crippen MR) is 123 cm³/mol. The fraction of sp³-hybridized carbons (Fsp3) is 0.364. The summed E-state index contributed by atoms with van der Waals surface area (Å²) in [6.07, 6.45) is 4.68. The lowest BCUT2D eigenvalue weighted by atomic mass is 10.1. The summed E-state index contributed by atoms with van der Waals surface area (Å²) < 4.78 is 27.0. The van der Waals surface area contributed by atoms with E-state index >= 15 is 0 Å². The number of halogens is 1. The molecule has 0 unspecified atom stereocenters. The summed E-state index contributed by atoms with van der Waals surface area (Å²) in [4.78, 5) is 24.2. The molecule has 1 fully saturated rings. The number of hydrogen-bond acceptors (Lipinski definition) is 5. The van der Waals surface area contributed by atoms with E-state index in [9.17, 15) is 18.0 Å². The molecule has 3 rings (SSSR count). The molecule has 10 heteroatoms. The lowest BCUT2D eigenvalue weighted by Gasteiger charge is -2.20. The van der Waals surface area contributed by atoms with Gasteiger partial charge in [-0.05, 0) is 61.2 Å². The Labute approximate surface area is 193 Å². The van der Waals surface area contributed by atoms with Crippen LogP contribution in [0, 0.1) is 0 Å². The molecule has 3 N–H and O–H groups in total. The molecule has 1 aliphatic rings. The van der Waals surface area contributed by atoms with Gasteiger partial charge < -0.3 is 5.32 Å². The van der Waals surface area contributed by atoms with Gasteiger partial charge in [0, 0.05) is 30.2 Å². The molecule has 32 heavy (non-hydrogen) atoms. The number of hydrogen-bond donors (Lipinski definition) is 3. The van der Waals surface area contributed by atoms with Crippen LogP contribution in [0.3, 0.4) is 0 Å². The largest absolute Gasteiger partial charge is 0.352 e. The first-order valence-electron chi connectivity index (χ1n) is 10.5. The highest BCUT2D eigenvalue weighted by Crippen LogP contribution is 2.12. The Morgan fingerprint density at radius 3 is 2.16 bits per heavy atom. The van der Waals surface area contributed by atoms with Gasteiger partial charge in [-0.25, -0.2) is 22.9 Å².